The minimum Gasteiger partial charge on any atom is -0.497 e. The first-order valence-corrected chi connectivity index (χ1v) is 8.33. The Bertz CT molecular complexity index is 542. The van der Waals surface area contributed by atoms with Crippen molar-refractivity contribution >= 4 is 10.0 Å². The molecule has 0 aliphatic carbocycles. The number of ether oxygens (including phenoxy) is 1. The second-order valence-electron chi connectivity index (χ2n) is 5.34. The Morgan fingerprint density at radius 1 is 1.20 bits per heavy atom. The molecule has 1 fully saturated rings. The third-order valence-corrected chi connectivity index (χ3v) is 5.24. The van der Waals surface area contributed by atoms with Crippen molar-refractivity contribution in [3.05, 3.63) is 24.3 Å². The van der Waals surface area contributed by atoms with Crippen molar-refractivity contribution in [3.63, 3.8) is 0 Å². The number of hydrogen-bond donors (Lipinski definition) is 2. The molecule has 1 heterocycles. The second-order valence-corrected chi connectivity index (χ2v) is 7.05. The zero-order chi connectivity index (χ0) is 14.8. The van der Waals surface area contributed by atoms with Crippen LogP contribution in [0.1, 0.15) is 26.7 Å². The first-order valence-electron chi connectivity index (χ1n) is 6.85. The summed E-state index contributed by atoms with van der Waals surface area (Å²) < 4.78 is 32.5. The van der Waals surface area contributed by atoms with Gasteiger partial charge in [-0.05, 0) is 51.0 Å². The van der Waals surface area contributed by atoms with E-state index in [1.807, 2.05) is 6.92 Å². The zero-order valence-corrected chi connectivity index (χ0v) is 12.9. The van der Waals surface area contributed by atoms with Crippen LogP contribution in [-0.4, -0.2) is 33.7 Å². The molecule has 0 spiro atoms. The number of piperidine rings is 1. The van der Waals surface area contributed by atoms with Gasteiger partial charge in [0.15, 0.2) is 0 Å². The highest BCUT2D eigenvalue weighted by Crippen LogP contribution is 2.19. The molecule has 1 aliphatic rings. The number of benzene rings is 1. The first kappa shape index (κ1) is 15.3. The number of rotatable bonds is 4. The first-order chi connectivity index (χ1) is 9.42. The van der Waals surface area contributed by atoms with Crippen molar-refractivity contribution in [2.24, 2.45) is 0 Å². The maximum Gasteiger partial charge on any atom is 0.240 e. The maximum absolute atomic E-state index is 12.3. The number of sulfonamides is 1. The highest BCUT2D eigenvalue weighted by Gasteiger charge is 2.28. The summed E-state index contributed by atoms with van der Waals surface area (Å²) in [5.74, 6) is 0.644. The van der Waals surface area contributed by atoms with Gasteiger partial charge in [-0.3, -0.25) is 0 Å². The van der Waals surface area contributed by atoms with Crippen LogP contribution in [0, 0.1) is 0 Å². The van der Waals surface area contributed by atoms with Gasteiger partial charge in [0.25, 0.3) is 0 Å². The van der Waals surface area contributed by atoms with Gasteiger partial charge in [-0.15, -0.1) is 0 Å². The summed E-state index contributed by atoms with van der Waals surface area (Å²) in [4.78, 5) is 0.268. The molecule has 0 bridgehead atoms. The third kappa shape index (κ3) is 3.50. The van der Waals surface area contributed by atoms with E-state index in [4.69, 9.17) is 4.74 Å². The third-order valence-electron chi connectivity index (χ3n) is 3.74. The van der Waals surface area contributed by atoms with Crippen LogP contribution in [0.4, 0.5) is 0 Å². The predicted octanol–water partition coefficient (Wildman–Crippen LogP) is 1.50. The SMILES string of the molecule is COc1ccc(S(=O)(=O)NC2CCC(C)NC2C)cc1. The van der Waals surface area contributed by atoms with Gasteiger partial charge in [-0.2, -0.15) is 0 Å². The minimum absolute atomic E-state index is 0.0710. The van der Waals surface area contributed by atoms with Crippen molar-refractivity contribution in [1.29, 1.82) is 0 Å². The molecule has 0 aromatic heterocycles. The summed E-state index contributed by atoms with van der Waals surface area (Å²) in [6.45, 7) is 4.13. The summed E-state index contributed by atoms with van der Waals surface area (Å²) >= 11 is 0. The Hall–Kier alpha value is -1.11. The Morgan fingerprint density at radius 2 is 1.85 bits per heavy atom. The molecule has 2 N–H and O–H groups in total. The molecule has 0 amide bonds. The molecule has 2 rings (SSSR count). The molecule has 5 nitrogen and oxygen atoms in total. The van der Waals surface area contributed by atoms with Gasteiger partial charge in [0.05, 0.1) is 12.0 Å². The highest BCUT2D eigenvalue weighted by molar-refractivity contribution is 7.89. The Morgan fingerprint density at radius 3 is 2.40 bits per heavy atom. The van der Waals surface area contributed by atoms with Crippen LogP contribution in [0.2, 0.25) is 0 Å². The van der Waals surface area contributed by atoms with E-state index in [0.29, 0.717) is 11.8 Å². The maximum atomic E-state index is 12.3. The van der Waals surface area contributed by atoms with Crippen molar-refractivity contribution in [3.8, 4) is 5.75 Å². The van der Waals surface area contributed by atoms with Crippen LogP contribution in [-0.2, 0) is 10.0 Å². The van der Waals surface area contributed by atoms with Crippen LogP contribution in [0.5, 0.6) is 5.75 Å². The summed E-state index contributed by atoms with van der Waals surface area (Å²) in [7, 11) is -1.93. The van der Waals surface area contributed by atoms with Gasteiger partial charge < -0.3 is 10.1 Å². The van der Waals surface area contributed by atoms with Crippen LogP contribution in [0.3, 0.4) is 0 Å². The highest BCUT2D eigenvalue weighted by atomic mass is 32.2. The molecular formula is C14H22N2O3S. The van der Waals surface area contributed by atoms with Crippen LogP contribution in [0.15, 0.2) is 29.2 Å². The van der Waals surface area contributed by atoms with E-state index >= 15 is 0 Å². The number of hydrogen-bond acceptors (Lipinski definition) is 4. The minimum atomic E-state index is -3.48. The number of methoxy groups -OCH3 is 1. The predicted molar refractivity (Wildman–Crippen MR) is 78.4 cm³/mol. The van der Waals surface area contributed by atoms with Crippen LogP contribution >= 0.6 is 0 Å². The van der Waals surface area contributed by atoms with E-state index in [2.05, 4.69) is 17.0 Å². The van der Waals surface area contributed by atoms with E-state index in [1.54, 1.807) is 31.4 Å². The van der Waals surface area contributed by atoms with Crippen molar-refractivity contribution in [1.82, 2.24) is 10.0 Å². The fourth-order valence-corrected chi connectivity index (χ4v) is 3.86. The molecule has 6 heteroatoms. The standard InChI is InChI=1S/C14H22N2O3S/c1-10-4-9-14(11(2)15-10)16-20(17,18)13-7-5-12(19-3)6-8-13/h5-8,10-11,14-16H,4,9H2,1-3H3. The largest absolute Gasteiger partial charge is 0.497 e. The molecular weight excluding hydrogens is 276 g/mol. The fraction of sp³-hybridized carbons (Fsp3) is 0.571. The summed E-state index contributed by atoms with van der Waals surface area (Å²) in [6.07, 6.45) is 1.82. The quantitative estimate of drug-likeness (QED) is 0.884. The molecule has 1 aromatic rings. The molecule has 3 unspecified atom stereocenters. The van der Waals surface area contributed by atoms with Crippen LogP contribution < -0.4 is 14.8 Å². The lowest BCUT2D eigenvalue weighted by molar-refractivity contribution is 0.297. The summed E-state index contributed by atoms with van der Waals surface area (Å²) in [5, 5.41) is 3.37. The van der Waals surface area contributed by atoms with E-state index in [9.17, 15) is 8.42 Å². The summed E-state index contributed by atoms with van der Waals surface area (Å²) in [6, 6.07) is 6.92. The average Bonchev–Trinajstić information content (AvgIpc) is 2.42. The molecule has 1 saturated heterocycles. The normalized spacial score (nSPS) is 27.2. The Balaban J connectivity index is 2.10. The van der Waals surface area contributed by atoms with E-state index in [0.717, 1.165) is 12.8 Å². The number of nitrogens with one attached hydrogen (secondary N) is 2. The van der Waals surface area contributed by atoms with Crippen molar-refractivity contribution in [2.45, 2.75) is 49.7 Å². The molecule has 0 saturated carbocycles. The van der Waals surface area contributed by atoms with Crippen molar-refractivity contribution in [2.75, 3.05) is 7.11 Å². The van der Waals surface area contributed by atoms with E-state index in [-0.39, 0.29) is 17.0 Å². The van der Waals surface area contributed by atoms with Gasteiger partial charge in [-0.25, -0.2) is 13.1 Å². The monoisotopic (exact) mass is 298 g/mol. The van der Waals surface area contributed by atoms with Gasteiger partial charge >= 0.3 is 0 Å². The van der Waals surface area contributed by atoms with E-state index < -0.39 is 10.0 Å². The molecule has 0 radical (unpaired) electrons. The Kier molecular flexibility index (Phi) is 4.67. The lowest BCUT2D eigenvalue weighted by atomic mass is 9.96. The second kappa shape index (κ2) is 6.11. The fourth-order valence-electron chi connectivity index (χ4n) is 2.51. The lowest BCUT2D eigenvalue weighted by Gasteiger charge is -2.34. The molecule has 1 aliphatic heterocycles. The zero-order valence-electron chi connectivity index (χ0n) is 12.1. The van der Waals surface area contributed by atoms with Crippen molar-refractivity contribution < 1.29 is 13.2 Å². The molecule has 3 atom stereocenters. The molecule has 1 aromatic carbocycles. The topological polar surface area (TPSA) is 67.4 Å². The molecule has 112 valence electrons. The molecule has 20 heavy (non-hydrogen) atoms. The average molecular weight is 298 g/mol. The lowest BCUT2D eigenvalue weighted by Crippen LogP contribution is -2.54. The smallest absolute Gasteiger partial charge is 0.240 e. The van der Waals surface area contributed by atoms with Gasteiger partial charge in [0, 0.05) is 18.1 Å². The van der Waals surface area contributed by atoms with Gasteiger partial charge in [0.1, 0.15) is 5.75 Å². The van der Waals surface area contributed by atoms with E-state index in [1.165, 1.54) is 0 Å². The van der Waals surface area contributed by atoms with Crippen LogP contribution in [0.25, 0.3) is 0 Å². The van der Waals surface area contributed by atoms with Gasteiger partial charge in [0.2, 0.25) is 10.0 Å². The van der Waals surface area contributed by atoms with Gasteiger partial charge in [-0.1, -0.05) is 0 Å². The summed E-state index contributed by atoms with van der Waals surface area (Å²) in [5.41, 5.74) is 0. The Labute approximate surface area is 120 Å².